The molecule has 44 heavy (non-hydrogen) atoms. The monoisotopic (exact) mass is 639 g/mol. The van der Waals surface area contributed by atoms with Gasteiger partial charge in [-0.2, -0.15) is 0 Å². The van der Waals surface area contributed by atoms with Gasteiger partial charge in [-0.15, -0.1) is 0 Å². The summed E-state index contributed by atoms with van der Waals surface area (Å²) in [5.74, 6) is -0.858. The SMILES string of the molecule is C=C/C=C(\C)[C](=[V])OC1C[C@@H](OC(=O)c2ccc(-c3ccccc3)cc2)[C@@H](COC(=O)c2ccc(-c3ccccc3)cc2)S1. The Morgan fingerprint density at radius 2 is 1.27 bits per heavy atom. The molecule has 3 atom stereocenters. The number of carbonyl (C=O) groups excluding carboxylic acids is 2. The number of rotatable bonds is 11. The molecule has 1 unspecified atom stereocenters. The van der Waals surface area contributed by atoms with Crippen molar-refractivity contribution in [2.75, 3.05) is 6.61 Å². The number of allylic oxidation sites excluding steroid dienone is 2. The minimum atomic E-state index is -0.511. The number of carbonyl (C=O) groups is 2. The summed E-state index contributed by atoms with van der Waals surface area (Å²) in [4.78, 5) is 26.2. The molecule has 0 radical (unpaired) electrons. The minimum absolute atomic E-state index is 0.0735. The van der Waals surface area contributed by atoms with Crippen LogP contribution in [0.15, 0.2) is 133 Å². The van der Waals surface area contributed by atoms with Crippen molar-refractivity contribution in [3.8, 4) is 22.3 Å². The Labute approximate surface area is 271 Å². The molecule has 0 amide bonds. The summed E-state index contributed by atoms with van der Waals surface area (Å²) in [6, 6.07) is 34.7. The van der Waals surface area contributed by atoms with Crippen molar-refractivity contribution >= 4 is 28.1 Å². The normalized spacial score (nSPS) is 17.9. The van der Waals surface area contributed by atoms with Crippen LogP contribution in [0.1, 0.15) is 34.1 Å². The van der Waals surface area contributed by atoms with E-state index >= 15 is 0 Å². The van der Waals surface area contributed by atoms with Crippen LogP contribution in [-0.4, -0.2) is 39.7 Å². The van der Waals surface area contributed by atoms with Crippen LogP contribution in [0, 0.1) is 0 Å². The van der Waals surface area contributed by atoms with Gasteiger partial charge in [0.25, 0.3) is 0 Å². The summed E-state index contributed by atoms with van der Waals surface area (Å²) in [7, 11) is 0. The van der Waals surface area contributed by atoms with Gasteiger partial charge < -0.3 is 0 Å². The van der Waals surface area contributed by atoms with Crippen LogP contribution in [0.4, 0.5) is 0 Å². The topological polar surface area (TPSA) is 61.8 Å². The summed E-state index contributed by atoms with van der Waals surface area (Å²) in [5.41, 5.74) is 5.74. The van der Waals surface area contributed by atoms with Gasteiger partial charge >= 0.3 is 206 Å². The molecule has 0 spiro atoms. The van der Waals surface area contributed by atoms with Gasteiger partial charge in [-0.25, -0.2) is 0 Å². The molecule has 4 aromatic rings. The van der Waals surface area contributed by atoms with E-state index in [0.29, 0.717) is 22.0 Å². The Morgan fingerprint density at radius 1 is 0.773 bits per heavy atom. The third kappa shape index (κ3) is 8.16. The fourth-order valence-electron chi connectivity index (χ4n) is 4.80. The van der Waals surface area contributed by atoms with Crippen molar-refractivity contribution in [1.82, 2.24) is 0 Å². The average Bonchev–Trinajstić information content (AvgIpc) is 3.44. The Bertz CT molecular complexity index is 1630. The maximum atomic E-state index is 13.2. The Morgan fingerprint density at radius 3 is 1.80 bits per heavy atom. The maximum absolute atomic E-state index is 13.2. The molecule has 0 saturated carbocycles. The third-order valence-corrected chi connectivity index (χ3v) is 9.30. The van der Waals surface area contributed by atoms with Crippen LogP contribution in [0.3, 0.4) is 0 Å². The summed E-state index contributed by atoms with van der Waals surface area (Å²) in [5, 5.41) is -0.302. The first-order valence-electron chi connectivity index (χ1n) is 14.3. The number of hydrogen-bond donors (Lipinski definition) is 0. The Balaban J connectivity index is 1.25. The average molecular weight is 640 g/mol. The number of benzene rings is 4. The van der Waals surface area contributed by atoms with E-state index in [1.54, 1.807) is 30.3 Å². The quantitative estimate of drug-likeness (QED) is 0.122. The van der Waals surface area contributed by atoms with E-state index in [-0.39, 0.29) is 17.3 Å². The van der Waals surface area contributed by atoms with Crippen LogP contribution in [0.25, 0.3) is 22.3 Å². The molecule has 1 aliphatic rings. The zero-order chi connectivity index (χ0) is 30.9. The van der Waals surface area contributed by atoms with E-state index in [4.69, 9.17) is 14.2 Å². The fraction of sp³-hybridized carbons (Fsp3) is 0.162. The van der Waals surface area contributed by atoms with E-state index in [1.165, 1.54) is 11.8 Å². The molecular weight excluding hydrogens is 607 g/mol. The molecule has 1 saturated heterocycles. The second-order valence-electron chi connectivity index (χ2n) is 10.3. The van der Waals surface area contributed by atoms with Crippen LogP contribution >= 0.6 is 11.8 Å². The molecule has 5 rings (SSSR count). The van der Waals surface area contributed by atoms with E-state index in [2.05, 4.69) is 23.6 Å². The van der Waals surface area contributed by atoms with Crippen molar-refractivity contribution in [3.05, 3.63) is 145 Å². The van der Waals surface area contributed by atoms with Gasteiger partial charge in [-0.1, -0.05) is 60.7 Å². The molecule has 7 heteroatoms. The first kappa shape index (κ1) is 31.5. The molecule has 1 aliphatic heterocycles. The number of esters is 2. The van der Waals surface area contributed by atoms with Gasteiger partial charge in [0.15, 0.2) is 0 Å². The van der Waals surface area contributed by atoms with Crippen LogP contribution in [0.5, 0.6) is 0 Å². The van der Waals surface area contributed by atoms with Crippen LogP contribution in [-0.2, 0) is 31.2 Å². The van der Waals surface area contributed by atoms with E-state index in [9.17, 15) is 9.59 Å². The predicted octanol–water partition coefficient (Wildman–Crippen LogP) is 8.06. The molecule has 221 valence electrons. The first-order chi connectivity index (χ1) is 21.4. The molecule has 4 aromatic carbocycles. The molecule has 5 nitrogen and oxygen atoms in total. The third-order valence-electron chi connectivity index (χ3n) is 7.21. The zero-order valence-corrected chi connectivity index (χ0v) is 26.5. The van der Waals surface area contributed by atoms with Crippen molar-refractivity contribution in [3.63, 3.8) is 0 Å². The van der Waals surface area contributed by atoms with Gasteiger partial charge in [-0.3, -0.25) is 0 Å². The number of hydrogen-bond acceptors (Lipinski definition) is 6. The molecule has 0 N–H and O–H groups in total. The van der Waals surface area contributed by atoms with Crippen molar-refractivity contribution in [2.45, 2.75) is 30.1 Å². The van der Waals surface area contributed by atoms with Crippen LogP contribution < -0.4 is 0 Å². The summed E-state index contributed by atoms with van der Waals surface area (Å²) in [6.45, 7) is 5.76. The number of thioether (sulfide) groups is 1. The van der Waals surface area contributed by atoms with Crippen molar-refractivity contribution in [1.29, 1.82) is 0 Å². The molecule has 0 aliphatic carbocycles. The Hall–Kier alpha value is -3.94. The fourth-order valence-corrected chi connectivity index (χ4v) is 6.56. The van der Waals surface area contributed by atoms with Crippen LogP contribution in [0.2, 0.25) is 0 Å². The van der Waals surface area contributed by atoms with E-state index < -0.39 is 18.0 Å². The molecule has 0 bridgehead atoms. The molecule has 1 fully saturated rings. The summed E-state index contributed by atoms with van der Waals surface area (Å²) >= 11 is 3.93. The van der Waals surface area contributed by atoms with E-state index in [1.807, 2.05) is 97.9 Å². The van der Waals surface area contributed by atoms with Gasteiger partial charge in [-0.05, 0) is 5.56 Å². The molecule has 1 heterocycles. The van der Waals surface area contributed by atoms with Crippen molar-refractivity contribution < 1.29 is 40.8 Å². The predicted molar refractivity (Wildman–Crippen MR) is 173 cm³/mol. The summed E-state index contributed by atoms with van der Waals surface area (Å²) in [6.07, 6.45) is 3.51. The summed E-state index contributed by atoms with van der Waals surface area (Å²) < 4.78 is 18.6. The van der Waals surface area contributed by atoms with Gasteiger partial charge in [0.1, 0.15) is 0 Å². The molecule has 0 aromatic heterocycles. The first-order valence-corrected chi connectivity index (χ1v) is 15.9. The van der Waals surface area contributed by atoms with Gasteiger partial charge in [0.2, 0.25) is 0 Å². The zero-order valence-electron chi connectivity index (χ0n) is 24.3. The number of ether oxygens (including phenoxy) is 3. The Kier molecular flexibility index (Phi) is 10.9. The molecular formula is C37H32O5SV. The second kappa shape index (κ2) is 15.2. The van der Waals surface area contributed by atoms with Crippen molar-refractivity contribution in [2.24, 2.45) is 0 Å². The van der Waals surface area contributed by atoms with Gasteiger partial charge in [0.05, 0.1) is 0 Å². The van der Waals surface area contributed by atoms with E-state index in [0.717, 1.165) is 27.8 Å². The van der Waals surface area contributed by atoms with Gasteiger partial charge in [0, 0.05) is 0 Å². The standard InChI is InChI=1S/C37H32O5S.V/c1-3-10-26(2)24-40-35-23-33(42-37(39)32-21-17-30(18-22-32)28-13-8-5-9-14-28)34(43-35)25-41-36(38)31-19-15-29(16-20-31)27-11-6-4-7-12-27;/h3-22,33-35H,1,23,25H2,2H3;/b26-10+;/t33-,34-,35?;/m1./s1. The second-order valence-corrected chi connectivity index (χ2v) is 12.3.